The zero-order valence-corrected chi connectivity index (χ0v) is 16.1. The number of carbonyl (C=O) groups is 1. The zero-order valence-electron chi connectivity index (χ0n) is 16.1. The van der Waals surface area contributed by atoms with Crippen LogP contribution in [0.15, 0.2) is 36.7 Å². The van der Waals surface area contributed by atoms with E-state index in [9.17, 15) is 4.79 Å². The fourth-order valence-electron chi connectivity index (χ4n) is 3.35. The van der Waals surface area contributed by atoms with Crippen molar-refractivity contribution in [2.75, 3.05) is 30.3 Å². The quantitative estimate of drug-likeness (QED) is 0.625. The first-order valence-corrected chi connectivity index (χ1v) is 9.81. The van der Waals surface area contributed by atoms with Crippen LogP contribution in [-0.4, -0.2) is 50.0 Å². The van der Waals surface area contributed by atoms with Crippen molar-refractivity contribution in [1.29, 1.82) is 0 Å². The number of amides is 1. The standard InChI is InChI=1S/C20H25N7O/c1-2-10-21-18-17-19(25-20(24-18)23-15-7-4-3-5-8-15)27(14-22-17)13-12-26-11-6-9-16(26)28/h3-5,7-8,14H,2,6,9-13H2,1H3,(H2,21,23,24,25). The molecule has 8 nitrogen and oxygen atoms in total. The zero-order chi connectivity index (χ0) is 19.3. The largest absolute Gasteiger partial charge is 0.368 e. The SMILES string of the molecule is CCCNc1nc(Nc2ccccc2)nc2c1ncn2CCN1CCCC1=O. The van der Waals surface area contributed by atoms with Crippen LogP contribution in [0.5, 0.6) is 0 Å². The van der Waals surface area contributed by atoms with Crippen molar-refractivity contribution >= 4 is 34.5 Å². The molecule has 0 saturated carbocycles. The fraction of sp³-hybridized carbons (Fsp3) is 0.400. The molecule has 0 spiro atoms. The minimum absolute atomic E-state index is 0.232. The van der Waals surface area contributed by atoms with E-state index in [-0.39, 0.29) is 5.91 Å². The lowest BCUT2D eigenvalue weighted by molar-refractivity contribution is -0.127. The molecule has 0 radical (unpaired) electrons. The van der Waals surface area contributed by atoms with Gasteiger partial charge in [0, 0.05) is 38.3 Å². The third-order valence-corrected chi connectivity index (χ3v) is 4.82. The number of hydrogen-bond acceptors (Lipinski definition) is 6. The molecule has 1 aliphatic rings. The first kappa shape index (κ1) is 18.2. The molecule has 1 amide bonds. The van der Waals surface area contributed by atoms with E-state index in [4.69, 9.17) is 4.98 Å². The van der Waals surface area contributed by atoms with Crippen molar-refractivity contribution in [3.8, 4) is 0 Å². The second-order valence-electron chi connectivity index (χ2n) is 6.91. The summed E-state index contributed by atoms with van der Waals surface area (Å²) in [5, 5.41) is 6.62. The lowest BCUT2D eigenvalue weighted by Crippen LogP contribution is -2.28. The van der Waals surface area contributed by atoms with Gasteiger partial charge in [-0.05, 0) is 25.0 Å². The van der Waals surface area contributed by atoms with Crippen molar-refractivity contribution in [1.82, 2.24) is 24.4 Å². The molecule has 1 fully saturated rings. The van der Waals surface area contributed by atoms with E-state index in [1.807, 2.05) is 39.8 Å². The summed E-state index contributed by atoms with van der Waals surface area (Å²) >= 11 is 0. The molecule has 1 aliphatic heterocycles. The highest BCUT2D eigenvalue weighted by Gasteiger charge is 2.20. The highest BCUT2D eigenvalue weighted by Crippen LogP contribution is 2.23. The van der Waals surface area contributed by atoms with E-state index in [0.29, 0.717) is 25.5 Å². The summed E-state index contributed by atoms with van der Waals surface area (Å²) in [6.45, 7) is 5.10. The van der Waals surface area contributed by atoms with Crippen LogP contribution in [-0.2, 0) is 11.3 Å². The average Bonchev–Trinajstić information content (AvgIpc) is 3.31. The number of anilines is 3. The van der Waals surface area contributed by atoms with E-state index < -0.39 is 0 Å². The predicted molar refractivity (Wildman–Crippen MR) is 110 cm³/mol. The fourth-order valence-corrected chi connectivity index (χ4v) is 3.35. The summed E-state index contributed by atoms with van der Waals surface area (Å²) in [5.74, 6) is 1.48. The van der Waals surface area contributed by atoms with Gasteiger partial charge in [-0.2, -0.15) is 9.97 Å². The topological polar surface area (TPSA) is 88.0 Å². The first-order chi connectivity index (χ1) is 13.7. The number of rotatable bonds is 8. The van der Waals surface area contributed by atoms with Crippen LogP contribution in [0.4, 0.5) is 17.5 Å². The van der Waals surface area contributed by atoms with Gasteiger partial charge in [-0.25, -0.2) is 4.98 Å². The Morgan fingerprint density at radius 3 is 2.75 bits per heavy atom. The van der Waals surface area contributed by atoms with Crippen molar-refractivity contribution in [2.24, 2.45) is 0 Å². The maximum absolute atomic E-state index is 11.9. The van der Waals surface area contributed by atoms with Crippen LogP contribution in [0.2, 0.25) is 0 Å². The summed E-state index contributed by atoms with van der Waals surface area (Å²) < 4.78 is 2.00. The normalized spacial score (nSPS) is 14.0. The Hall–Kier alpha value is -3.16. The Bertz CT molecular complexity index is 954. The van der Waals surface area contributed by atoms with E-state index in [2.05, 4.69) is 27.5 Å². The number of nitrogens with one attached hydrogen (secondary N) is 2. The molecular formula is C20H25N7O. The minimum Gasteiger partial charge on any atom is -0.368 e. The van der Waals surface area contributed by atoms with Crippen LogP contribution in [0.3, 0.4) is 0 Å². The van der Waals surface area contributed by atoms with Gasteiger partial charge in [0.1, 0.15) is 0 Å². The number of benzene rings is 1. The molecule has 2 aromatic heterocycles. The highest BCUT2D eigenvalue weighted by atomic mass is 16.2. The summed E-state index contributed by atoms with van der Waals surface area (Å²) in [7, 11) is 0. The lowest BCUT2D eigenvalue weighted by atomic mass is 10.3. The number of para-hydroxylation sites is 1. The second-order valence-corrected chi connectivity index (χ2v) is 6.91. The van der Waals surface area contributed by atoms with Crippen LogP contribution >= 0.6 is 0 Å². The van der Waals surface area contributed by atoms with Crippen molar-refractivity contribution in [2.45, 2.75) is 32.7 Å². The number of likely N-dealkylation sites (tertiary alicyclic amines) is 1. The number of aromatic nitrogens is 4. The van der Waals surface area contributed by atoms with Gasteiger partial charge in [0.25, 0.3) is 0 Å². The molecule has 4 rings (SSSR count). The molecule has 3 heterocycles. The van der Waals surface area contributed by atoms with Gasteiger partial charge in [0.15, 0.2) is 17.0 Å². The van der Waals surface area contributed by atoms with E-state index in [1.54, 1.807) is 6.33 Å². The Morgan fingerprint density at radius 2 is 2.00 bits per heavy atom. The van der Waals surface area contributed by atoms with E-state index >= 15 is 0 Å². The minimum atomic E-state index is 0.232. The molecule has 0 bridgehead atoms. The molecule has 0 atom stereocenters. The molecule has 3 aromatic rings. The number of imidazole rings is 1. The Morgan fingerprint density at radius 1 is 1.14 bits per heavy atom. The van der Waals surface area contributed by atoms with Gasteiger partial charge >= 0.3 is 0 Å². The van der Waals surface area contributed by atoms with Crippen molar-refractivity contribution in [3.05, 3.63) is 36.7 Å². The van der Waals surface area contributed by atoms with E-state index in [1.165, 1.54) is 0 Å². The molecule has 1 aromatic carbocycles. The molecule has 0 unspecified atom stereocenters. The van der Waals surface area contributed by atoms with Crippen LogP contribution in [0, 0.1) is 0 Å². The maximum atomic E-state index is 11.9. The second kappa shape index (κ2) is 8.24. The van der Waals surface area contributed by atoms with Crippen molar-refractivity contribution < 1.29 is 4.79 Å². The van der Waals surface area contributed by atoms with Crippen LogP contribution in [0.25, 0.3) is 11.2 Å². The summed E-state index contributed by atoms with van der Waals surface area (Å²) in [5.41, 5.74) is 2.44. The summed E-state index contributed by atoms with van der Waals surface area (Å²) in [6.07, 6.45) is 4.37. The molecule has 2 N–H and O–H groups in total. The van der Waals surface area contributed by atoms with Crippen LogP contribution < -0.4 is 10.6 Å². The highest BCUT2D eigenvalue weighted by molar-refractivity contribution is 5.84. The number of fused-ring (bicyclic) bond motifs is 1. The number of nitrogens with zero attached hydrogens (tertiary/aromatic N) is 5. The summed E-state index contributed by atoms with van der Waals surface area (Å²) in [6, 6.07) is 9.85. The molecule has 0 aliphatic carbocycles. The van der Waals surface area contributed by atoms with E-state index in [0.717, 1.165) is 48.6 Å². The molecule has 146 valence electrons. The van der Waals surface area contributed by atoms with Gasteiger partial charge in [-0.1, -0.05) is 25.1 Å². The maximum Gasteiger partial charge on any atom is 0.231 e. The Kier molecular flexibility index (Phi) is 5.36. The third kappa shape index (κ3) is 3.90. The Balaban J connectivity index is 1.62. The number of carbonyl (C=O) groups excluding carboxylic acids is 1. The van der Waals surface area contributed by atoms with Gasteiger partial charge in [-0.3, -0.25) is 4.79 Å². The molecule has 28 heavy (non-hydrogen) atoms. The van der Waals surface area contributed by atoms with Crippen LogP contribution in [0.1, 0.15) is 26.2 Å². The average molecular weight is 379 g/mol. The first-order valence-electron chi connectivity index (χ1n) is 9.81. The predicted octanol–water partition coefficient (Wildman–Crippen LogP) is 3.01. The Labute approximate surface area is 164 Å². The van der Waals surface area contributed by atoms with Crippen molar-refractivity contribution in [3.63, 3.8) is 0 Å². The molecule has 8 heteroatoms. The summed E-state index contributed by atoms with van der Waals surface area (Å²) in [4.78, 5) is 27.6. The number of hydrogen-bond donors (Lipinski definition) is 2. The molecular weight excluding hydrogens is 354 g/mol. The third-order valence-electron chi connectivity index (χ3n) is 4.82. The van der Waals surface area contributed by atoms with Gasteiger partial charge in [0.2, 0.25) is 11.9 Å². The smallest absolute Gasteiger partial charge is 0.231 e. The van der Waals surface area contributed by atoms with Gasteiger partial charge < -0.3 is 20.1 Å². The van der Waals surface area contributed by atoms with Gasteiger partial charge in [-0.15, -0.1) is 0 Å². The van der Waals surface area contributed by atoms with Gasteiger partial charge in [0.05, 0.1) is 6.33 Å². The lowest BCUT2D eigenvalue weighted by Gasteiger charge is -2.16. The monoisotopic (exact) mass is 379 g/mol. The molecule has 1 saturated heterocycles.